The maximum absolute atomic E-state index is 13.2. The van der Waals surface area contributed by atoms with Crippen molar-refractivity contribution in [1.82, 2.24) is 15.2 Å². The van der Waals surface area contributed by atoms with E-state index in [1.165, 1.54) is 12.3 Å². The van der Waals surface area contributed by atoms with Crippen molar-refractivity contribution in [2.24, 2.45) is 0 Å². The number of benzene rings is 1. The minimum atomic E-state index is -0.493. The Morgan fingerprint density at radius 2 is 1.96 bits per heavy atom. The van der Waals surface area contributed by atoms with E-state index in [0.29, 0.717) is 37.7 Å². The van der Waals surface area contributed by atoms with Crippen LogP contribution in [0.1, 0.15) is 5.56 Å². The summed E-state index contributed by atoms with van der Waals surface area (Å²) in [6.07, 6.45) is 1.45. The molecule has 24 heavy (non-hydrogen) atoms. The molecule has 1 aromatic heterocycles. The van der Waals surface area contributed by atoms with Crippen LogP contribution in [0.15, 0.2) is 42.6 Å². The van der Waals surface area contributed by atoms with Crippen molar-refractivity contribution in [2.75, 3.05) is 31.1 Å². The highest BCUT2D eigenvalue weighted by molar-refractivity contribution is 6.31. The molecule has 0 saturated carbocycles. The third kappa shape index (κ3) is 3.94. The minimum absolute atomic E-state index is 0.115. The molecule has 0 spiro atoms. The molecule has 0 unspecified atom stereocenters. The summed E-state index contributed by atoms with van der Waals surface area (Å²) in [7, 11) is 0. The topological polar surface area (TPSA) is 48.5 Å². The first-order valence-electron chi connectivity index (χ1n) is 7.76. The summed E-state index contributed by atoms with van der Waals surface area (Å²) >= 11 is 6.09. The largest absolute Gasteiger partial charge is 0.368 e. The molecule has 0 aliphatic carbocycles. The number of rotatable bonds is 3. The Kier molecular flexibility index (Phi) is 5.15. The zero-order chi connectivity index (χ0) is 16.9. The Morgan fingerprint density at radius 1 is 1.21 bits per heavy atom. The van der Waals surface area contributed by atoms with Crippen molar-refractivity contribution in [2.45, 2.75) is 6.54 Å². The fourth-order valence-corrected chi connectivity index (χ4v) is 2.88. The first-order chi connectivity index (χ1) is 11.6. The third-order valence-electron chi connectivity index (χ3n) is 4.03. The van der Waals surface area contributed by atoms with Crippen molar-refractivity contribution in [3.05, 3.63) is 59.1 Å². The molecule has 1 saturated heterocycles. The molecule has 1 fully saturated rings. The number of carbonyl (C=O) groups excluding carboxylic acids is 1. The number of aromatic nitrogens is 1. The lowest BCUT2D eigenvalue weighted by molar-refractivity contribution is 0.194. The van der Waals surface area contributed by atoms with Gasteiger partial charge in [-0.3, -0.25) is 0 Å². The lowest BCUT2D eigenvalue weighted by Crippen LogP contribution is -2.51. The van der Waals surface area contributed by atoms with Gasteiger partial charge in [0.05, 0.1) is 0 Å². The van der Waals surface area contributed by atoms with Crippen LogP contribution < -0.4 is 10.2 Å². The quantitative estimate of drug-likeness (QED) is 0.868. The molecule has 5 nitrogen and oxygen atoms in total. The lowest BCUT2D eigenvalue weighted by Gasteiger charge is -2.36. The highest BCUT2D eigenvalue weighted by atomic mass is 35.5. The number of pyridine rings is 1. The van der Waals surface area contributed by atoms with Crippen LogP contribution in [0.25, 0.3) is 0 Å². The molecular formula is C17H18ClFN4O. The number of amides is 2. The molecule has 2 aromatic rings. The van der Waals surface area contributed by atoms with E-state index in [4.69, 9.17) is 11.6 Å². The van der Waals surface area contributed by atoms with Crippen LogP contribution in [0, 0.1) is 5.95 Å². The smallest absolute Gasteiger partial charge is 0.317 e. The molecule has 0 atom stereocenters. The number of halogens is 2. The van der Waals surface area contributed by atoms with E-state index in [2.05, 4.69) is 10.3 Å². The molecule has 0 bridgehead atoms. The zero-order valence-corrected chi connectivity index (χ0v) is 13.8. The van der Waals surface area contributed by atoms with Crippen LogP contribution in [0.3, 0.4) is 0 Å². The van der Waals surface area contributed by atoms with Gasteiger partial charge in [0, 0.05) is 55.7 Å². The van der Waals surface area contributed by atoms with Crippen molar-refractivity contribution < 1.29 is 9.18 Å². The number of anilines is 1. The fraction of sp³-hybridized carbons (Fsp3) is 0.294. The summed E-state index contributed by atoms with van der Waals surface area (Å²) in [5.74, 6) is -0.493. The van der Waals surface area contributed by atoms with Gasteiger partial charge in [0.15, 0.2) is 0 Å². The SMILES string of the molecule is O=C(NCc1ccccc1Cl)N1CCN(c2ccnc(F)c2)CC1. The second-order valence-electron chi connectivity index (χ2n) is 5.56. The predicted molar refractivity (Wildman–Crippen MR) is 91.7 cm³/mol. The number of piperazine rings is 1. The first-order valence-corrected chi connectivity index (χ1v) is 8.14. The van der Waals surface area contributed by atoms with E-state index < -0.39 is 5.95 Å². The van der Waals surface area contributed by atoms with E-state index in [1.54, 1.807) is 17.0 Å². The summed E-state index contributed by atoms with van der Waals surface area (Å²) in [5, 5.41) is 3.53. The average Bonchev–Trinajstić information content (AvgIpc) is 2.61. The third-order valence-corrected chi connectivity index (χ3v) is 4.40. The van der Waals surface area contributed by atoms with E-state index >= 15 is 0 Å². The van der Waals surface area contributed by atoms with E-state index in [9.17, 15) is 9.18 Å². The maximum atomic E-state index is 13.2. The zero-order valence-electron chi connectivity index (χ0n) is 13.1. The molecule has 1 aliphatic rings. The average molecular weight is 349 g/mol. The highest BCUT2D eigenvalue weighted by Crippen LogP contribution is 2.17. The van der Waals surface area contributed by atoms with Crippen LogP contribution in [0.5, 0.6) is 0 Å². The van der Waals surface area contributed by atoms with Gasteiger partial charge in [-0.25, -0.2) is 9.78 Å². The van der Waals surface area contributed by atoms with Crippen LogP contribution in [-0.2, 0) is 6.54 Å². The normalized spacial score (nSPS) is 14.6. The fourth-order valence-electron chi connectivity index (χ4n) is 2.68. The Morgan fingerprint density at radius 3 is 2.67 bits per heavy atom. The summed E-state index contributed by atoms with van der Waals surface area (Å²) in [6.45, 7) is 2.87. The Bertz CT molecular complexity index is 719. The Labute approximate surface area is 145 Å². The molecule has 1 N–H and O–H groups in total. The molecule has 1 aliphatic heterocycles. The summed E-state index contributed by atoms with van der Waals surface area (Å²) < 4.78 is 13.2. The van der Waals surface area contributed by atoms with E-state index in [-0.39, 0.29) is 6.03 Å². The van der Waals surface area contributed by atoms with Crippen molar-refractivity contribution in [3.8, 4) is 0 Å². The summed E-state index contributed by atoms with van der Waals surface area (Å²) in [5.41, 5.74) is 1.68. The molecule has 2 heterocycles. The van der Waals surface area contributed by atoms with Crippen LogP contribution in [0.4, 0.5) is 14.9 Å². The highest BCUT2D eigenvalue weighted by Gasteiger charge is 2.21. The molecule has 0 radical (unpaired) electrons. The number of hydrogen-bond acceptors (Lipinski definition) is 3. The number of nitrogens with one attached hydrogen (secondary N) is 1. The van der Waals surface area contributed by atoms with Gasteiger partial charge >= 0.3 is 6.03 Å². The summed E-state index contributed by atoms with van der Waals surface area (Å²) in [4.78, 5) is 19.6. The van der Waals surface area contributed by atoms with Crippen molar-refractivity contribution in [3.63, 3.8) is 0 Å². The Balaban J connectivity index is 1.51. The second-order valence-corrected chi connectivity index (χ2v) is 5.97. The number of nitrogens with zero attached hydrogens (tertiary/aromatic N) is 3. The monoisotopic (exact) mass is 348 g/mol. The van der Waals surface area contributed by atoms with Crippen LogP contribution in [0.2, 0.25) is 5.02 Å². The van der Waals surface area contributed by atoms with Gasteiger partial charge in [0.25, 0.3) is 0 Å². The molecule has 7 heteroatoms. The van der Waals surface area contributed by atoms with Crippen molar-refractivity contribution in [1.29, 1.82) is 0 Å². The first kappa shape index (κ1) is 16.5. The van der Waals surface area contributed by atoms with Crippen LogP contribution in [-0.4, -0.2) is 42.1 Å². The van der Waals surface area contributed by atoms with Gasteiger partial charge in [-0.15, -0.1) is 0 Å². The number of carbonyl (C=O) groups is 1. The second kappa shape index (κ2) is 7.49. The summed E-state index contributed by atoms with van der Waals surface area (Å²) in [6, 6.07) is 10.5. The molecule has 3 rings (SSSR count). The maximum Gasteiger partial charge on any atom is 0.317 e. The molecular weight excluding hydrogens is 331 g/mol. The minimum Gasteiger partial charge on any atom is -0.368 e. The lowest BCUT2D eigenvalue weighted by atomic mass is 10.2. The van der Waals surface area contributed by atoms with Crippen molar-refractivity contribution >= 4 is 23.3 Å². The number of urea groups is 1. The standard InChI is InChI=1S/C17H18ClFN4O/c18-15-4-2-1-3-13(15)12-21-17(24)23-9-7-22(8-10-23)14-5-6-20-16(19)11-14/h1-6,11H,7-10,12H2,(H,21,24). The van der Waals surface area contributed by atoms with Gasteiger partial charge < -0.3 is 15.1 Å². The van der Waals surface area contributed by atoms with Crippen LogP contribution >= 0.6 is 11.6 Å². The Hall–Kier alpha value is -2.34. The van der Waals surface area contributed by atoms with E-state index in [0.717, 1.165) is 11.3 Å². The molecule has 126 valence electrons. The van der Waals surface area contributed by atoms with Gasteiger partial charge in [0.2, 0.25) is 5.95 Å². The molecule has 2 amide bonds. The van der Waals surface area contributed by atoms with Gasteiger partial charge in [-0.2, -0.15) is 4.39 Å². The van der Waals surface area contributed by atoms with Gasteiger partial charge in [-0.1, -0.05) is 29.8 Å². The van der Waals surface area contributed by atoms with Gasteiger partial charge in [-0.05, 0) is 17.7 Å². The van der Waals surface area contributed by atoms with E-state index in [1.807, 2.05) is 23.1 Å². The molecule has 1 aromatic carbocycles. The van der Waals surface area contributed by atoms with Gasteiger partial charge in [0.1, 0.15) is 0 Å². The predicted octanol–water partition coefficient (Wildman–Crippen LogP) is 2.91. The number of hydrogen-bond donors (Lipinski definition) is 1.